The molecule has 70 valence electrons. The molecule has 0 heterocycles. The molecule has 0 aliphatic rings. The first kappa shape index (κ1) is 10.6. The molecule has 1 rings (SSSR count). The Kier molecular flexibility index (Phi) is 4.37. The van der Waals surface area contributed by atoms with E-state index in [9.17, 15) is 0 Å². The van der Waals surface area contributed by atoms with Crippen LogP contribution in [0, 0.1) is 3.57 Å². The molecule has 3 nitrogen and oxygen atoms in total. The van der Waals surface area contributed by atoms with Gasteiger partial charge in [-0.1, -0.05) is 5.16 Å². The molecule has 13 heavy (non-hydrogen) atoms. The standard InChI is InChI=1S/C8H9IN2OS/c9-6-1-3-7(4-2-6)13-5-8(10)11-12/h1-4,12H,5H2,(H2,10,11). The van der Waals surface area contributed by atoms with E-state index < -0.39 is 0 Å². The molecule has 3 N–H and O–H groups in total. The van der Waals surface area contributed by atoms with Crippen LogP contribution in [0.25, 0.3) is 0 Å². The Balaban J connectivity index is 2.51. The average Bonchev–Trinajstić information content (AvgIpc) is 2.16. The zero-order valence-corrected chi connectivity index (χ0v) is 9.75. The number of nitrogens with zero attached hydrogens (tertiary/aromatic N) is 1. The van der Waals surface area contributed by atoms with Gasteiger partial charge in [0.25, 0.3) is 0 Å². The highest BCUT2D eigenvalue weighted by Gasteiger charge is 1.96. The monoisotopic (exact) mass is 308 g/mol. The van der Waals surface area contributed by atoms with E-state index in [1.165, 1.54) is 3.57 Å². The molecule has 0 radical (unpaired) electrons. The van der Waals surface area contributed by atoms with E-state index in [4.69, 9.17) is 10.9 Å². The van der Waals surface area contributed by atoms with Crippen molar-refractivity contribution in [1.82, 2.24) is 0 Å². The van der Waals surface area contributed by atoms with Gasteiger partial charge in [-0.3, -0.25) is 0 Å². The van der Waals surface area contributed by atoms with Crippen molar-refractivity contribution in [1.29, 1.82) is 0 Å². The van der Waals surface area contributed by atoms with Gasteiger partial charge >= 0.3 is 0 Å². The quantitative estimate of drug-likeness (QED) is 0.225. The molecule has 0 unspecified atom stereocenters. The first-order valence-electron chi connectivity index (χ1n) is 3.57. The molecule has 0 fully saturated rings. The number of amidine groups is 1. The maximum atomic E-state index is 8.31. The lowest BCUT2D eigenvalue weighted by Gasteiger charge is -1.99. The third-order valence-electron chi connectivity index (χ3n) is 1.33. The second kappa shape index (κ2) is 5.33. The zero-order valence-electron chi connectivity index (χ0n) is 6.77. The minimum absolute atomic E-state index is 0.239. The summed E-state index contributed by atoms with van der Waals surface area (Å²) in [7, 11) is 0. The summed E-state index contributed by atoms with van der Waals surface area (Å²) in [5, 5.41) is 11.2. The summed E-state index contributed by atoms with van der Waals surface area (Å²) in [6.07, 6.45) is 0. The smallest absolute Gasteiger partial charge is 0.149 e. The van der Waals surface area contributed by atoms with Crippen molar-refractivity contribution >= 4 is 40.2 Å². The highest BCUT2D eigenvalue weighted by Crippen LogP contribution is 2.18. The minimum atomic E-state index is 0.239. The van der Waals surface area contributed by atoms with Gasteiger partial charge in [0.05, 0.1) is 5.75 Å². The lowest BCUT2D eigenvalue weighted by Crippen LogP contribution is -2.13. The van der Waals surface area contributed by atoms with Gasteiger partial charge in [-0.25, -0.2) is 0 Å². The van der Waals surface area contributed by atoms with E-state index in [0.29, 0.717) is 5.75 Å². The van der Waals surface area contributed by atoms with Gasteiger partial charge in [-0.15, -0.1) is 11.8 Å². The van der Waals surface area contributed by atoms with Crippen molar-refractivity contribution in [2.75, 3.05) is 5.75 Å². The normalized spacial score (nSPS) is 11.6. The topological polar surface area (TPSA) is 58.6 Å². The number of benzene rings is 1. The lowest BCUT2D eigenvalue weighted by molar-refractivity contribution is 0.318. The fourth-order valence-electron chi connectivity index (χ4n) is 0.717. The van der Waals surface area contributed by atoms with Gasteiger partial charge in [0, 0.05) is 8.47 Å². The molecular weight excluding hydrogens is 299 g/mol. The van der Waals surface area contributed by atoms with Crippen LogP contribution in [0.4, 0.5) is 0 Å². The van der Waals surface area contributed by atoms with Gasteiger partial charge in [0.1, 0.15) is 5.84 Å². The molecule has 5 heteroatoms. The van der Waals surface area contributed by atoms with Crippen LogP contribution in [0.15, 0.2) is 34.3 Å². The van der Waals surface area contributed by atoms with E-state index in [1.807, 2.05) is 24.3 Å². The first-order chi connectivity index (χ1) is 6.22. The van der Waals surface area contributed by atoms with Crippen LogP contribution in [0.5, 0.6) is 0 Å². The second-order valence-electron chi connectivity index (χ2n) is 2.33. The lowest BCUT2D eigenvalue weighted by atomic mass is 10.4. The molecule has 0 aliphatic carbocycles. The fourth-order valence-corrected chi connectivity index (χ4v) is 1.78. The first-order valence-corrected chi connectivity index (χ1v) is 5.63. The number of rotatable bonds is 3. The summed E-state index contributed by atoms with van der Waals surface area (Å²) in [4.78, 5) is 1.12. The summed E-state index contributed by atoms with van der Waals surface area (Å²) in [5.41, 5.74) is 5.33. The Morgan fingerprint density at radius 3 is 2.62 bits per heavy atom. The molecule has 0 saturated heterocycles. The van der Waals surface area contributed by atoms with Crippen LogP contribution in [-0.2, 0) is 0 Å². The number of nitrogens with two attached hydrogens (primary N) is 1. The van der Waals surface area contributed by atoms with Crippen molar-refractivity contribution in [2.45, 2.75) is 4.90 Å². The minimum Gasteiger partial charge on any atom is -0.409 e. The number of halogens is 1. The highest BCUT2D eigenvalue weighted by atomic mass is 127. The number of oxime groups is 1. The molecule has 0 saturated carbocycles. The predicted octanol–water partition coefficient (Wildman–Crippen LogP) is 2.13. The number of hydrogen-bond donors (Lipinski definition) is 2. The summed E-state index contributed by atoms with van der Waals surface area (Å²) in [6, 6.07) is 8.07. The van der Waals surface area contributed by atoms with Gasteiger partial charge < -0.3 is 10.9 Å². The average molecular weight is 308 g/mol. The predicted molar refractivity (Wildman–Crippen MR) is 63.3 cm³/mol. The van der Waals surface area contributed by atoms with Crippen molar-refractivity contribution in [2.24, 2.45) is 10.9 Å². The Bertz CT molecular complexity index is 300. The fraction of sp³-hybridized carbons (Fsp3) is 0.125. The summed E-state index contributed by atoms with van der Waals surface area (Å²) >= 11 is 3.79. The Morgan fingerprint density at radius 1 is 1.46 bits per heavy atom. The van der Waals surface area contributed by atoms with Crippen LogP contribution in [0.2, 0.25) is 0 Å². The van der Waals surface area contributed by atoms with Gasteiger partial charge in [-0.05, 0) is 46.9 Å². The maximum Gasteiger partial charge on any atom is 0.149 e. The van der Waals surface area contributed by atoms with Crippen molar-refractivity contribution in [3.8, 4) is 0 Å². The molecule has 0 aromatic heterocycles. The van der Waals surface area contributed by atoms with Crippen LogP contribution < -0.4 is 5.73 Å². The summed E-state index contributed by atoms with van der Waals surface area (Å²) < 4.78 is 1.20. The Labute approximate surface area is 94.5 Å². The van der Waals surface area contributed by atoms with E-state index in [0.717, 1.165) is 4.90 Å². The highest BCUT2D eigenvalue weighted by molar-refractivity contribution is 14.1. The third-order valence-corrected chi connectivity index (χ3v) is 3.09. The van der Waals surface area contributed by atoms with Gasteiger partial charge in [-0.2, -0.15) is 0 Å². The van der Waals surface area contributed by atoms with Crippen molar-refractivity contribution < 1.29 is 5.21 Å². The number of hydrogen-bond acceptors (Lipinski definition) is 3. The third kappa shape index (κ3) is 3.86. The van der Waals surface area contributed by atoms with Crippen LogP contribution in [0.1, 0.15) is 0 Å². The largest absolute Gasteiger partial charge is 0.409 e. The Morgan fingerprint density at radius 2 is 2.08 bits per heavy atom. The molecule has 0 spiro atoms. The molecule has 0 amide bonds. The van der Waals surface area contributed by atoms with Gasteiger partial charge in [0.15, 0.2) is 0 Å². The molecule has 0 bridgehead atoms. The van der Waals surface area contributed by atoms with Crippen LogP contribution >= 0.6 is 34.4 Å². The van der Waals surface area contributed by atoms with E-state index >= 15 is 0 Å². The second-order valence-corrected chi connectivity index (χ2v) is 4.63. The van der Waals surface area contributed by atoms with Crippen LogP contribution in [0.3, 0.4) is 0 Å². The molecular formula is C8H9IN2OS. The molecule has 1 aromatic carbocycles. The summed E-state index contributed by atoms with van der Waals surface area (Å²) in [6.45, 7) is 0. The van der Waals surface area contributed by atoms with E-state index in [2.05, 4.69) is 27.7 Å². The summed E-state index contributed by atoms with van der Waals surface area (Å²) in [5.74, 6) is 0.750. The van der Waals surface area contributed by atoms with Crippen molar-refractivity contribution in [3.63, 3.8) is 0 Å². The van der Waals surface area contributed by atoms with Crippen molar-refractivity contribution in [3.05, 3.63) is 27.8 Å². The molecule has 1 aromatic rings. The Hall–Kier alpha value is -0.430. The molecule has 0 aliphatic heterocycles. The van der Waals surface area contributed by atoms with Gasteiger partial charge in [0.2, 0.25) is 0 Å². The molecule has 0 atom stereocenters. The SMILES string of the molecule is NC(CSc1ccc(I)cc1)=NO. The zero-order chi connectivity index (χ0) is 9.68. The maximum absolute atomic E-state index is 8.31. The van der Waals surface area contributed by atoms with E-state index in [1.54, 1.807) is 11.8 Å². The van der Waals surface area contributed by atoms with E-state index in [-0.39, 0.29) is 5.84 Å². The van der Waals surface area contributed by atoms with Crippen LogP contribution in [-0.4, -0.2) is 16.8 Å². The number of thioether (sulfide) groups is 1.